The summed E-state index contributed by atoms with van der Waals surface area (Å²) in [5.74, 6) is 0.456. The summed E-state index contributed by atoms with van der Waals surface area (Å²) < 4.78 is 0. The Kier molecular flexibility index (Phi) is 8.30. The predicted octanol–water partition coefficient (Wildman–Crippen LogP) is 7.40. The zero-order chi connectivity index (χ0) is 31.8. The Hall–Kier alpha value is -4.56. The Balaban J connectivity index is 0.990. The van der Waals surface area contributed by atoms with Crippen molar-refractivity contribution in [2.75, 3.05) is 29.9 Å². The fraction of sp³-hybridized carbons (Fsp3) is 0.316. The number of thiophene rings is 1. The number of rotatable bonds is 7. The number of piperidine rings is 1. The van der Waals surface area contributed by atoms with Gasteiger partial charge < -0.3 is 15.1 Å². The number of para-hydroxylation sites is 1. The smallest absolute Gasteiger partial charge is 0.258 e. The zero-order valence-electron chi connectivity index (χ0n) is 26.0. The van der Waals surface area contributed by atoms with Gasteiger partial charge in [0.25, 0.3) is 11.8 Å². The van der Waals surface area contributed by atoms with Crippen molar-refractivity contribution >= 4 is 46.2 Å². The van der Waals surface area contributed by atoms with E-state index in [-0.39, 0.29) is 29.4 Å². The average molecular weight is 632 g/mol. The van der Waals surface area contributed by atoms with Crippen LogP contribution in [0.25, 0.3) is 10.4 Å². The maximum absolute atomic E-state index is 13.8. The summed E-state index contributed by atoms with van der Waals surface area (Å²) >= 11 is 1.55. The lowest BCUT2D eigenvalue weighted by molar-refractivity contribution is -0.121. The lowest BCUT2D eigenvalue weighted by Crippen LogP contribution is -2.41. The monoisotopic (exact) mass is 631 g/mol. The van der Waals surface area contributed by atoms with Gasteiger partial charge in [0.1, 0.15) is 0 Å². The number of anilines is 2. The zero-order valence-corrected chi connectivity index (χ0v) is 26.8. The lowest BCUT2D eigenvalue weighted by Gasteiger charge is -2.31. The second-order valence-electron chi connectivity index (χ2n) is 12.7. The van der Waals surface area contributed by atoms with E-state index < -0.39 is 0 Å². The Morgan fingerprint density at radius 2 is 1.54 bits per heavy atom. The number of nitrogens with zero attached hydrogens (tertiary/aromatic N) is 2. The van der Waals surface area contributed by atoms with Crippen LogP contribution in [0.2, 0.25) is 0 Å². The normalized spacial score (nSPS) is 16.3. The maximum Gasteiger partial charge on any atom is 0.258 e. The molecule has 3 aromatic carbocycles. The van der Waals surface area contributed by atoms with E-state index in [1.165, 1.54) is 0 Å². The van der Waals surface area contributed by atoms with Crippen LogP contribution in [0.4, 0.5) is 11.4 Å². The molecule has 3 heterocycles. The highest BCUT2D eigenvalue weighted by atomic mass is 32.1. The van der Waals surface area contributed by atoms with Crippen LogP contribution in [0.3, 0.4) is 0 Å². The second kappa shape index (κ2) is 12.7. The van der Waals surface area contributed by atoms with Gasteiger partial charge in [-0.15, -0.1) is 11.3 Å². The SMILES string of the molecule is Cc1ccccc1C(=O)N1CCC(C(=O)Nc2ccc(C(=O)N3CCc4cc(C(=O)CC5CC5)sc4-c4ccccc43)cc2)CC1. The third kappa shape index (κ3) is 6.14. The van der Waals surface area contributed by atoms with Gasteiger partial charge in [0.15, 0.2) is 5.78 Å². The Bertz CT molecular complexity index is 1820. The van der Waals surface area contributed by atoms with Crippen molar-refractivity contribution in [1.29, 1.82) is 0 Å². The lowest BCUT2D eigenvalue weighted by atomic mass is 9.95. The number of carbonyl (C=O) groups is 4. The molecule has 1 saturated heterocycles. The highest BCUT2D eigenvalue weighted by Gasteiger charge is 2.31. The molecule has 0 atom stereocenters. The fourth-order valence-electron chi connectivity index (χ4n) is 6.55. The number of ketones is 1. The highest BCUT2D eigenvalue weighted by molar-refractivity contribution is 7.17. The molecule has 4 aromatic rings. The molecule has 46 heavy (non-hydrogen) atoms. The van der Waals surface area contributed by atoms with Gasteiger partial charge in [-0.2, -0.15) is 0 Å². The first kappa shape index (κ1) is 30.1. The van der Waals surface area contributed by atoms with Crippen molar-refractivity contribution in [3.63, 3.8) is 0 Å². The molecule has 0 spiro atoms. The number of amides is 3. The molecule has 1 aliphatic carbocycles. The Labute approximate surface area is 273 Å². The van der Waals surface area contributed by atoms with Crippen molar-refractivity contribution in [3.8, 4) is 10.4 Å². The molecule has 0 radical (unpaired) electrons. The van der Waals surface area contributed by atoms with Gasteiger partial charge in [-0.1, -0.05) is 36.4 Å². The summed E-state index contributed by atoms with van der Waals surface area (Å²) in [6.45, 7) is 3.54. The molecule has 7 rings (SSSR count). The van der Waals surface area contributed by atoms with Gasteiger partial charge in [-0.3, -0.25) is 19.2 Å². The van der Waals surface area contributed by atoms with E-state index in [4.69, 9.17) is 0 Å². The number of aryl methyl sites for hydroxylation is 1. The maximum atomic E-state index is 13.8. The molecule has 3 aliphatic rings. The number of hydrogen-bond acceptors (Lipinski definition) is 5. The van der Waals surface area contributed by atoms with E-state index in [2.05, 4.69) is 5.32 Å². The van der Waals surface area contributed by atoms with E-state index in [0.717, 1.165) is 45.0 Å². The van der Waals surface area contributed by atoms with Gasteiger partial charge in [-0.25, -0.2) is 0 Å². The van der Waals surface area contributed by atoms with Crippen LogP contribution in [-0.2, 0) is 11.2 Å². The first-order chi connectivity index (χ1) is 22.4. The molecule has 1 saturated carbocycles. The minimum absolute atomic E-state index is 0.0172. The largest absolute Gasteiger partial charge is 0.339 e. The first-order valence-electron chi connectivity index (χ1n) is 16.2. The van der Waals surface area contributed by atoms with Gasteiger partial charge in [-0.05, 0) is 98.5 Å². The molecule has 2 fully saturated rings. The van der Waals surface area contributed by atoms with Crippen molar-refractivity contribution in [3.05, 3.63) is 106 Å². The molecule has 0 bridgehead atoms. The van der Waals surface area contributed by atoms with Gasteiger partial charge in [0, 0.05) is 59.2 Å². The number of hydrogen-bond donors (Lipinski definition) is 1. The van der Waals surface area contributed by atoms with Crippen LogP contribution in [-0.4, -0.2) is 48.0 Å². The van der Waals surface area contributed by atoms with Crippen molar-refractivity contribution < 1.29 is 19.2 Å². The highest BCUT2D eigenvalue weighted by Crippen LogP contribution is 2.43. The van der Waals surface area contributed by atoms with E-state index >= 15 is 0 Å². The van der Waals surface area contributed by atoms with Gasteiger partial charge in [0.2, 0.25) is 5.91 Å². The van der Waals surface area contributed by atoms with Crippen LogP contribution in [0.5, 0.6) is 0 Å². The van der Waals surface area contributed by atoms with Crippen molar-refractivity contribution in [1.82, 2.24) is 4.90 Å². The molecular weight excluding hydrogens is 595 g/mol. The summed E-state index contributed by atoms with van der Waals surface area (Å²) in [7, 11) is 0. The Morgan fingerprint density at radius 3 is 2.28 bits per heavy atom. The van der Waals surface area contributed by atoms with E-state index in [9.17, 15) is 19.2 Å². The summed E-state index contributed by atoms with van der Waals surface area (Å²) in [4.78, 5) is 58.3. The third-order valence-corrected chi connectivity index (χ3v) is 10.7. The number of carbonyl (C=O) groups excluding carboxylic acids is 4. The van der Waals surface area contributed by atoms with Crippen LogP contribution < -0.4 is 10.2 Å². The van der Waals surface area contributed by atoms with Crippen LogP contribution in [0, 0.1) is 18.8 Å². The fourth-order valence-corrected chi connectivity index (χ4v) is 7.75. The number of likely N-dealkylation sites (tertiary alicyclic amines) is 1. The standard InChI is InChI=1S/C38H37N3O4S/c1-24-6-2-3-7-30(24)38(45)40-19-16-26(17-20-40)36(43)39-29-14-12-27(13-15-29)37(44)41-21-18-28-23-34(33(42)22-25-10-11-25)46-35(28)31-8-4-5-9-32(31)41/h2-9,12-15,23,25-26H,10-11,16-22H2,1H3,(H,39,43). The molecule has 7 nitrogen and oxygen atoms in total. The van der Waals surface area contributed by atoms with Crippen LogP contribution >= 0.6 is 11.3 Å². The number of Topliss-reactive ketones (excluding diaryl/α,β-unsaturated/α-hetero) is 1. The third-order valence-electron chi connectivity index (χ3n) is 9.47. The second-order valence-corrected chi connectivity index (χ2v) is 13.8. The molecule has 3 amide bonds. The number of nitrogens with one attached hydrogen (secondary N) is 1. The quantitative estimate of drug-likeness (QED) is 0.215. The molecular formula is C38H37N3O4S. The number of fused-ring (bicyclic) bond motifs is 3. The number of benzene rings is 3. The van der Waals surface area contributed by atoms with E-state index in [1.54, 1.807) is 35.6 Å². The van der Waals surface area contributed by atoms with Gasteiger partial charge >= 0.3 is 0 Å². The minimum atomic E-state index is -0.179. The molecule has 8 heteroatoms. The summed E-state index contributed by atoms with van der Waals surface area (Å²) in [6, 6.07) is 24.6. The molecule has 2 aliphatic heterocycles. The first-order valence-corrected chi connectivity index (χ1v) is 17.0. The minimum Gasteiger partial charge on any atom is -0.339 e. The van der Waals surface area contributed by atoms with E-state index in [0.29, 0.717) is 68.0 Å². The van der Waals surface area contributed by atoms with Crippen LogP contribution in [0.15, 0.2) is 78.9 Å². The van der Waals surface area contributed by atoms with Crippen molar-refractivity contribution in [2.45, 2.75) is 45.4 Å². The van der Waals surface area contributed by atoms with E-state index in [1.807, 2.05) is 71.3 Å². The molecule has 1 aromatic heterocycles. The Morgan fingerprint density at radius 1 is 0.826 bits per heavy atom. The molecule has 234 valence electrons. The van der Waals surface area contributed by atoms with Gasteiger partial charge in [0.05, 0.1) is 10.6 Å². The summed E-state index contributed by atoms with van der Waals surface area (Å²) in [5, 5.41) is 3.01. The molecule has 1 N–H and O–H groups in total. The topological polar surface area (TPSA) is 86.8 Å². The van der Waals surface area contributed by atoms with Crippen LogP contribution in [0.1, 0.15) is 73.6 Å². The predicted molar refractivity (Wildman–Crippen MR) is 182 cm³/mol. The summed E-state index contributed by atoms with van der Waals surface area (Å²) in [6.07, 6.45) is 4.83. The van der Waals surface area contributed by atoms with Crippen molar-refractivity contribution in [2.24, 2.45) is 11.8 Å². The molecule has 0 unspecified atom stereocenters. The summed E-state index contributed by atoms with van der Waals surface area (Å²) in [5.41, 5.74) is 5.80. The average Bonchev–Trinajstić information content (AvgIpc) is 3.83.